The van der Waals surface area contributed by atoms with Gasteiger partial charge in [0.25, 0.3) is 0 Å². The minimum atomic E-state index is -0.0294. The molecule has 3 heteroatoms. The highest BCUT2D eigenvalue weighted by molar-refractivity contribution is 6.22. The van der Waals surface area contributed by atoms with Gasteiger partial charge in [-0.05, 0) is 29.5 Å². The lowest BCUT2D eigenvalue weighted by Gasteiger charge is -2.18. The summed E-state index contributed by atoms with van der Waals surface area (Å²) in [4.78, 5) is 26.0. The third kappa shape index (κ3) is 1.71. The summed E-state index contributed by atoms with van der Waals surface area (Å²) in [5.74, 6) is 0. The Kier molecular flexibility index (Phi) is 2.63. The Morgan fingerprint density at radius 2 is 1.30 bits per heavy atom. The first-order valence-corrected chi connectivity index (χ1v) is 9.19. The smallest absolute Gasteiger partial charge is 0.190 e. The number of hydrogen-bond acceptors (Lipinski definition) is 2. The molecule has 3 nitrogen and oxygen atoms in total. The maximum absolute atomic E-state index is 13.0. The van der Waals surface area contributed by atoms with Gasteiger partial charge in [0.2, 0.25) is 0 Å². The summed E-state index contributed by atoms with van der Waals surface area (Å²) in [5.41, 5.74) is 3.42. The predicted octanol–water partition coefficient (Wildman–Crippen LogP) is 4.71. The van der Waals surface area contributed by atoms with Gasteiger partial charge in [-0.2, -0.15) is 0 Å². The molecule has 3 aromatic carbocycles. The van der Waals surface area contributed by atoms with Crippen molar-refractivity contribution in [3.05, 3.63) is 86.7 Å². The number of benzene rings is 3. The Labute approximate surface area is 153 Å². The lowest BCUT2D eigenvalue weighted by Crippen LogP contribution is -2.13. The van der Waals surface area contributed by atoms with Gasteiger partial charge in [-0.1, -0.05) is 43.3 Å². The van der Waals surface area contributed by atoms with Gasteiger partial charge in [0.1, 0.15) is 0 Å². The topological polar surface area (TPSA) is 38.5 Å². The van der Waals surface area contributed by atoms with E-state index < -0.39 is 0 Å². The highest BCUT2D eigenvalue weighted by Gasteiger charge is 2.18. The third-order valence-corrected chi connectivity index (χ3v) is 5.81. The fourth-order valence-electron chi connectivity index (χ4n) is 4.58. The normalized spacial score (nSPS) is 12.3. The van der Waals surface area contributed by atoms with Crippen molar-refractivity contribution < 1.29 is 0 Å². The first kappa shape index (κ1) is 14.7. The SMILES string of the molecule is CCc1cc2c(=O)cc3c4cccc5cccc(c54)c4cc(=O)c(c1)c2n34. The van der Waals surface area contributed by atoms with Crippen LogP contribution in [0.5, 0.6) is 0 Å². The van der Waals surface area contributed by atoms with E-state index in [-0.39, 0.29) is 10.9 Å². The fourth-order valence-corrected chi connectivity index (χ4v) is 4.58. The summed E-state index contributed by atoms with van der Waals surface area (Å²) in [6.45, 7) is 2.04. The fraction of sp³-hybridized carbons (Fsp3) is 0.0833. The lowest BCUT2D eigenvalue weighted by atomic mass is 9.96. The van der Waals surface area contributed by atoms with Crippen molar-refractivity contribution >= 4 is 48.9 Å². The molecule has 27 heavy (non-hydrogen) atoms. The zero-order chi connectivity index (χ0) is 18.3. The molecule has 0 aliphatic carbocycles. The maximum Gasteiger partial charge on any atom is 0.190 e. The Morgan fingerprint density at radius 1 is 0.741 bits per heavy atom. The molecule has 6 rings (SSSR count). The van der Waals surface area contributed by atoms with Gasteiger partial charge in [-0.3, -0.25) is 9.59 Å². The largest absolute Gasteiger partial charge is 0.307 e. The number of rotatable bonds is 1. The van der Waals surface area contributed by atoms with Gasteiger partial charge in [0.05, 0.1) is 16.6 Å². The van der Waals surface area contributed by atoms with Crippen molar-refractivity contribution in [2.24, 2.45) is 0 Å². The molecule has 0 aliphatic heterocycles. The number of pyridine rings is 3. The Balaban J connectivity index is 2.09. The van der Waals surface area contributed by atoms with E-state index in [0.29, 0.717) is 10.8 Å². The Hall–Kier alpha value is -3.46. The second-order valence-corrected chi connectivity index (χ2v) is 7.23. The van der Waals surface area contributed by atoms with Gasteiger partial charge in [-0.15, -0.1) is 0 Å². The predicted molar refractivity (Wildman–Crippen MR) is 112 cm³/mol. The van der Waals surface area contributed by atoms with Crippen LogP contribution in [0.2, 0.25) is 0 Å². The molecular formula is C24H15NO2. The summed E-state index contributed by atoms with van der Waals surface area (Å²) < 4.78 is 2.10. The van der Waals surface area contributed by atoms with Crippen LogP contribution in [0.3, 0.4) is 0 Å². The molecule has 0 saturated carbocycles. The van der Waals surface area contributed by atoms with Crippen molar-refractivity contribution in [3.63, 3.8) is 0 Å². The monoisotopic (exact) mass is 349 g/mol. The quantitative estimate of drug-likeness (QED) is 0.318. The summed E-state index contributed by atoms with van der Waals surface area (Å²) >= 11 is 0. The minimum Gasteiger partial charge on any atom is -0.307 e. The van der Waals surface area contributed by atoms with E-state index in [9.17, 15) is 9.59 Å². The summed E-state index contributed by atoms with van der Waals surface area (Å²) in [5, 5.41) is 5.55. The molecule has 0 saturated heterocycles. The molecule has 0 aliphatic rings. The van der Waals surface area contributed by atoms with Crippen molar-refractivity contribution in [2.45, 2.75) is 13.3 Å². The van der Waals surface area contributed by atoms with Gasteiger partial charge in [0, 0.05) is 39.1 Å². The first-order valence-electron chi connectivity index (χ1n) is 9.19. The second-order valence-electron chi connectivity index (χ2n) is 7.23. The molecule has 0 unspecified atom stereocenters. The van der Waals surface area contributed by atoms with Crippen LogP contribution < -0.4 is 10.9 Å². The Morgan fingerprint density at radius 3 is 1.81 bits per heavy atom. The van der Waals surface area contributed by atoms with Crippen molar-refractivity contribution in [3.8, 4) is 0 Å². The van der Waals surface area contributed by atoms with E-state index in [1.54, 1.807) is 12.1 Å². The molecule has 128 valence electrons. The Bertz CT molecular complexity index is 1530. The van der Waals surface area contributed by atoms with E-state index in [1.165, 1.54) is 0 Å². The third-order valence-electron chi connectivity index (χ3n) is 5.81. The van der Waals surface area contributed by atoms with Crippen LogP contribution in [0.1, 0.15) is 12.5 Å². The van der Waals surface area contributed by atoms with Gasteiger partial charge in [-0.25, -0.2) is 0 Å². The van der Waals surface area contributed by atoms with Crippen molar-refractivity contribution in [1.29, 1.82) is 0 Å². The molecule has 0 amide bonds. The van der Waals surface area contributed by atoms with Crippen LogP contribution in [0.4, 0.5) is 0 Å². The zero-order valence-corrected chi connectivity index (χ0v) is 14.7. The van der Waals surface area contributed by atoms with Gasteiger partial charge < -0.3 is 4.40 Å². The zero-order valence-electron chi connectivity index (χ0n) is 14.7. The second kappa shape index (κ2) is 4.83. The average Bonchev–Trinajstić information content (AvgIpc) is 2.70. The van der Waals surface area contributed by atoms with E-state index in [4.69, 9.17) is 0 Å². The van der Waals surface area contributed by atoms with Crippen molar-refractivity contribution in [2.75, 3.05) is 0 Å². The number of aromatic nitrogens is 1. The average molecular weight is 349 g/mol. The van der Waals surface area contributed by atoms with Crippen LogP contribution in [0.15, 0.2) is 70.3 Å². The standard InChI is InChI=1S/C24H15NO2/c1-2-13-9-17-21(26)11-19-15-7-3-5-14-6-4-8-16(23(14)15)20-12-22(27)18(10-13)24(17)25(19)20/h3-12H,2H2,1H3. The molecule has 0 bridgehead atoms. The van der Waals surface area contributed by atoms with Crippen LogP contribution in [0, 0.1) is 0 Å². The molecule has 6 aromatic rings. The minimum absolute atomic E-state index is 0.0294. The highest BCUT2D eigenvalue weighted by Crippen LogP contribution is 2.35. The molecule has 0 fully saturated rings. The van der Waals surface area contributed by atoms with Gasteiger partial charge in [0.15, 0.2) is 10.9 Å². The number of hydrogen-bond donors (Lipinski definition) is 0. The molecule has 0 atom stereocenters. The van der Waals surface area contributed by atoms with Crippen LogP contribution in [0.25, 0.3) is 48.9 Å². The maximum atomic E-state index is 13.0. The molecule has 0 spiro atoms. The van der Waals surface area contributed by atoms with Crippen LogP contribution >= 0.6 is 0 Å². The summed E-state index contributed by atoms with van der Waals surface area (Å²) in [6.07, 6.45) is 0.788. The van der Waals surface area contributed by atoms with Gasteiger partial charge >= 0.3 is 0 Å². The highest BCUT2D eigenvalue weighted by atomic mass is 16.1. The van der Waals surface area contributed by atoms with E-state index in [0.717, 1.165) is 50.1 Å². The number of aryl methyl sites for hydroxylation is 1. The summed E-state index contributed by atoms with van der Waals surface area (Å²) in [7, 11) is 0. The molecule has 3 heterocycles. The lowest BCUT2D eigenvalue weighted by molar-refractivity contribution is 1.14. The number of fused-ring (bicyclic) bond motifs is 2. The van der Waals surface area contributed by atoms with E-state index in [1.807, 2.05) is 31.2 Å². The van der Waals surface area contributed by atoms with Crippen LogP contribution in [-0.4, -0.2) is 4.40 Å². The summed E-state index contributed by atoms with van der Waals surface area (Å²) in [6, 6.07) is 19.6. The molecule has 0 radical (unpaired) electrons. The molecule has 0 N–H and O–H groups in total. The van der Waals surface area contributed by atoms with E-state index in [2.05, 4.69) is 28.7 Å². The van der Waals surface area contributed by atoms with Crippen molar-refractivity contribution in [1.82, 2.24) is 4.40 Å². The molecule has 3 aromatic heterocycles. The van der Waals surface area contributed by atoms with E-state index >= 15 is 0 Å². The van der Waals surface area contributed by atoms with Crippen LogP contribution in [-0.2, 0) is 6.42 Å². The first-order chi connectivity index (χ1) is 13.2. The number of nitrogens with zero attached hydrogens (tertiary/aromatic N) is 1. The molecular weight excluding hydrogens is 334 g/mol.